The van der Waals surface area contributed by atoms with E-state index in [9.17, 15) is 9.59 Å². The topological polar surface area (TPSA) is 58.4 Å². The molecule has 0 saturated heterocycles. The van der Waals surface area contributed by atoms with Crippen LogP contribution in [0.2, 0.25) is 0 Å². The van der Waals surface area contributed by atoms with Crippen molar-refractivity contribution in [2.45, 2.75) is 59.5 Å². The number of anilines is 1. The first kappa shape index (κ1) is 22.7. The van der Waals surface area contributed by atoms with Crippen molar-refractivity contribution in [2.24, 2.45) is 0 Å². The van der Waals surface area contributed by atoms with Crippen LogP contribution < -0.4 is 10.5 Å². The molecule has 0 saturated carbocycles. The molecule has 0 aliphatic heterocycles. The van der Waals surface area contributed by atoms with Gasteiger partial charge in [-0.05, 0) is 63.4 Å². The lowest BCUT2D eigenvalue weighted by Crippen LogP contribution is -2.39. The van der Waals surface area contributed by atoms with Gasteiger partial charge in [0.25, 0.3) is 5.56 Å². The molecular weight excluding hydrogens is 420 g/mol. The summed E-state index contributed by atoms with van der Waals surface area (Å²) in [6.45, 7) is 9.01. The molecule has 0 spiro atoms. The predicted octanol–water partition coefficient (Wildman–Crippen LogP) is 4.23. The average Bonchev–Trinajstić information content (AvgIpc) is 3.19. The van der Waals surface area contributed by atoms with Crippen LogP contribution in [0.15, 0.2) is 35.1 Å². The second-order valence-corrected chi connectivity index (χ2v) is 9.33. The number of thiophene rings is 1. The quantitative estimate of drug-likeness (QED) is 0.513. The number of para-hydroxylation sites is 1. The lowest BCUT2D eigenvalue weighted by molar-refractivity contribution is -0.119. The van der Waals surface area contributed by atoms with Crippen LogP contribution in [0, 0.1) is 0 Å². The maximum atomic E-state index is 13.8. The van der Waals surface area contributed by atoms with Crippen LogP contribution in [0.25, 0.3) is 10.2 Å². The number of aryl methyl sites for hydroxylation is 2. The second kappa shape index (κ2) is 9.96. The summed E-state index contributed by atoms with van der Waals surface area (Å²) in [4.78, 5) is 38.2. The zero-order valence-electron chi connectivity index (χ0n) is 19.3. The third kappa shape index (κ3) is 4.36. The molecule has 32 heavy (non-hydrogen) atoms. The van der Waals surface area contributed by atoms with Gasteiger partial charge in [-0.25, -0.2) is 4.98 Å². The summed E-state index contributed by atoms with van der Waals surface area (Å²) in [5.41, 5.74) is 1.95. The maximum absolute atomic E-state index is 13.8. The molecule has 4 rings (SSSR count). The first-order valence-corrected chi connectivity index (χ1v) is 12.5. The van der Waals surface area contributed by atoms with Gasteiger partial charge in [0.1, 0.15) is 17.2 Å². The standard InChI is InChI=1S/C25H32N4O2S/c1-4-27(5-2)16-21-26-24-23(19-14-10-11-15-20(19)32-24)25(31)29(21)17-22(30)28(6-3)18-12-8-7-9-13-18/h7-9,12-13H,4-6,10-11,14-17H2,1-3H3. The highest BCUT2D eigenvalue weighted by atomic mass is 32.1. The van der Waals surface area contributed by atoms with Crippen molar-refractivity contribution in [3.05, 3.63) is 57.0 Å². The summed E-state index contributed by atoms with van der Waals surface area (Å²) in [6, 6.07) is 9.64. The van der Waals surface area contributed by atoms with Gasteiger partial charge in [0.2, 0.25) is 5.91 Å². The minimum atomic E-state index is -0.0909. The van der Waals surface area contributed by atoms with E-state index >= 15 is 0 Å². The molecule has 6 nitrogen and oxygen atoms in total. The SMILES string of the molecule is CCN(CC)Cc1nc2sc3c(c2c(=O)n1CC(=O)N(CC)c1ccccc1)CCCC3. The average molecular weight is 453 g/mol. The van der Waals surface area contributed by atoms with Crippen LogP contribution in [0.3, 0.4) is 0 Å². The van der Waals surface area contributed by atoms with Crippen molar-refractivity contribution < 1.29 is 4.79 Å². The molecule has 1 aliphatic carbocycles. The van der Waals surface area contributed by atoms with Gasteiger partial charge < -0.3 is 4.90 Å². The molecule has 170 valence electrons. The number of benzene rings is 1. The second-order valence-electron chi connectivity index (χ2n) is 8.25. The van der Waals surface area contributed by atoms with Crippen molar-refractivity contribution in [1.29, 1.82) is 0 Å². The maximum Gasteiger partial charge on any atom is 0.263 e. The van der Waals surface area contributed by atoms with Crippen LogP contribution in [-0.4, -0.2) is 40.0 Å². The molecule has 0 bridgehead atoms. The highest BCUT2D eigenvalue weighted by Crippen LogP contribution is 2.34. The normalized spacial score (nSPS) is 13.5. The van der Waals surface area contributed by atoms with Crippen LogP contribution in [0.1, 0.15) is 49.9 Å². The highest BCUT2D eigenvalue weighted by molar-refractivity contribution is 7.18. The van der Waals surface area contributed by atoms with Gasteiger partial charge in [-0.1, -0.05) is 32.0 Å². The molecule has 2 heterocycles. The highest BCUT2D eigenvalue weighted by Gasteiger charge is 2.24. The number of carbonyl (C=O) groups excluding carboxylic acids is 1. The van der Waals surface area contributed by atoms with Crippen molar-refractivity contribution in [1.82, 2.24) is 14.5 Å². The van der Waals surface area contributed by atoms with E-state index in [4.69, 9.17) is 4.98 Å². The molecule has 0 atom stereocenters. The number of hydrogen-bond acceptors (Lipinski definition) is 5. The first-order valence-electron chi connectivity index (χ1n) is 11.7. The van der Waals surface area contributed by atoms with Gasteiger partial charge in [-0.2, -0.15) is 0 Å². The third-order valence-electron chi connectivity index (χ3n) is 6.39. The van der Waals surface area contributed by atoms with Crippen LogP contribution in [-0.2, 0) is 30.7 Å². The lowest BCUT2D eigenvalue weighted by Gasteiger charge is -2.24. The van der Waals surface area contributed by atoms with Crippen molar-refractivity contribution >= 4 is 33.1 Å². The van der Waals surface area contributed by atoms with E-state index in [1.165, 1.54) is 16.9 Å². The van der Waals surface area contributed by atoms with E-state index in [0.717, 1.165) is 48.3 Å². The van der Waals surface area contributed by atoms with E-state index in [2.05, 4.69) is 18.7 Å². The Balaban J connectivity index is 1.79. The van der Waals surface area contributed by atoms with Gasteiger partial charge in [0.15, 0.2) is 0 Å². The summed E-state index contributed by atoms with van der Waals surface area (Å²) in [5.74, 6) is 0.592. The molecule has 0 radical (unpaired) electrons. The Kier molecular flexibility index (Phi) is 7.06. The Morgan fingerprint density at radius 2 is 1.78 bits per heavy atom. The van der Waals surface area contributed by atoms with Crippen molar-refractivity contribution in [3.63, 3.8) is 0 Å². The van der Waals surface area contributed by atoms with E-state index in [1.807, 2.05) is 37.3 Å². The van der Waals surface area contributed by atoms with Gasteiger partial charge in [0, 0.05) is 17.1 Å². The smallest absolute Gasteiger partial charge is 0.263 e. The monoisotopic (exact) mass is 452 g/mol. The van der Waals surface area contributed by atoms with Crippen LogP contribution in [0.4, 0.5) is 5.69 Å². The Hall–Kier alpha value is -2.51. The van der Waals surface area contributed by atoms with Crippen LogP contribution >= 0.6 is 11.3 Å². The number of hydrogen-bond donors (Lipinski definition) is 0. The van der Waals surface area contributed by atoms with E-state index in [0.29, 0.717) is 18.9 Å². The van der Waals surface area contributed by atoms with E-state index in [1.54, 1.807) is 20.8 Å². The minimum Gasteiger partial charge on any atom is -0.311 e. The molecule has 0 fully saturated rings. The summed E-state index contributed by atoms with van der Waals surface area (Å²) < 4.78 is 1.64. The molecule has 1 aliphatic rings. The van der Waals surface area contributed by atoms with Crippen molar-refractivity contribution in [2.75, 3.05) is 24.5 Å². The number of amides is 1. The Labute approximate surface area is 193 Å². The fourth-order valence-corrected chi connectivity index (χ4v) is 5.81. The van der Waals surface area contributed by atoms with Gasteiger partial charge in [0.05, 0.1) is 11.9 Å². The molecule has 2 aromatic heterocycles. The Morgan fingerprint density at radius 1 is 1.06 bits per heavy atom. The zero-order valence-corrected chi connectivity index (χ0v) is 20.1. The summed E-state index contributed by atoms with van der Waals surface area (Å²) >= 11 is 1.67. The fourth-order valence-electron chi connectivity index (χ4n) is 4.54. The molecule has 0 unspecified atom stereocenters. The number of aromatic nitrogens is 2. The molecule has 1 aromatic carbocycles. The molecule has 7 heteroatoms. The third-order valence-corrected chi connectivity index (χ3v) is 7.58. The largest absolute Gasteiger partial charge is 0.311 e. The van der Waals surface area contributed by atoms with Crippen LogP contribution in [0.5, 0.6) is 0 Å². The summed E-state index contributed by atoms with van der Waals surface area (Å²) in [6.07, 6.45) is 4.23. The van der Waals surface area contributed by atoms with Gasteiger partial charge in [-0.15, -0.1) is 11.3 Å². The molecule has 0 N–H and O–H groups in total. The number of likely N-dealkylation sites (N-methyl/N-ethyl adjacent to an activating group) is 1. The van der Waals surface area contributed by atoms with E-state index in [-0.39, 0.29) is 18.0 Å². The number of rotatable bonds is 8. The number of nitrogens with zero attached hydrogens (tertiary/aromatic N) is 4. The zero-order chi connectivity index (χ0) is 22.7. The van der Waals surface area contributed by atoms with Gasteiger partial charge >= 0.3 is 0 Å². The van der Waals surface area contributed by atoms with Gasteiger partial charge in [-0.3, -0.25) is 19.1 Å². The number of fused-ring (bicyclic) bond motifs is 3. The van der Waals surface area contributed by atoms with Crippen molar-refractivity contribution in [3.8, 4) is 0 Å². The summed E-state index contributed by atoms with van der Waals surface area (Å²) in [5, 5.41) is 0.739. The predicted molar refractivity (Wildman–Crippen MR) is 132 cm³/mol. The Morgan fingerprint density at radius 3 is 2.47 bits per heavy atom. The fraction of sp³-hybridized carbons (Fsp3) is 0.480. The van der Waals surface area contributed by atoms with E-state index < -0.39 is 0 Å². The minimum absolute atomic E-state index is 0.00568. The molecule has 3 aromatic rings. The first-order chi connectivity index (χ1) is 15.6. The molecular formula is C25H32N4O2S. The molecule has 1 amide bonds. The number of carbonyl (C=O) groups is 1. The summed E-state index contributed by atoms with van der Waals surface area (Å²) in [7, 11) is 0. The lowest BCUT2D eigenvalue weighted by atomic mass is 9.97. The Bertz CT molecular complexity index is 1150.